The molecule has 0 aliphatic carbocycles. The maximum Gasteiger partial charge on any atom is 0.308 e. The summed E-state index contributed by atoms with van der Waals surface area (Å²) < 4.78 is 26.2. The van der Waals surface area contributed by atoms with Crippen molar-refractivity contribution in [1.29, 1.82) is 0 Å². The van der Waals surface area contributed by atoms with E-state index in [0.29, 0.717) is 17.8 Å². The summed E-state index contributed by atoms with van der Waals surface area (Å²) in [4.78, 5) is 11.1. The molecule has 0 radical (unpaired) electrons. The van der Waals surface area contributed by atoms with Crippen molar-refractivity contribution in [3.8, 4) is 0 Å². The molecule has 106 valence electrons. The number of hydrogen-bond acceptors (Lipinski definition) is 5. The number of aliphatic hydroxyl groups excluding tert-OH is 1. The van der Waals surface area contributed by atoms with Gasteiger partial charge in [-0.2, -0.15) is 4.31 Å². The maximum atomic E-state index is 12.4. The average molecular weight is 305 g/mol. The Bertz CT molecular complexity index is 565. The Kier molecular flexibility index (Phi) is 4.24. The molecule has 1 aromatic heterocycles. The second-order valence-electron chi connectivity index (χ2n) is 4.39. The number of carboxylic acid groups (broad SMARTS) is 1. The van der Waals surface area contributed by atoms with E-state index in [0.717, 1.165) is 17.8 Å². The monoisotopic (exact) mass is 305 g/mol. The number of carbonyl (C=O) groups is 1. The molecule has 1 saturated heterocycles. The summed E-state index contributed by atoms with van der Waals surface area (Å²) in [5, 5.41) is 17.9. The van der Waals surface area contributed by atoms with Crippen molar-refractivity contribution in [3.63, 3.8) is 0 Å². The van der Waals surface area contributed by atoms with E-state index in [2.05, 4.69) is 0 Å². The molecule has 1 aliphatic rings. The zero-order valence-corrected chi connectivity index (χ0v) is 11.8. The average Bonchev–Trinajstić information content (AvgIpc) is 2.95. The lowest BCUT2D eigenvalue weighted by molar-refractivity contribution is -0.136. The van der Waals surface area contributed by atoms with Gasteiger partial charge in [0.1, 0.15) is 4.21 Å². The van der Waals surface area contributed by atoms with Crippen molar-refractivity contribution in [3.05, 3.63) is 17.0 Å². The fraction of sp³-hybridized carbons (Fsp3) is 0.545. The van der Waals surface area contributed by atoms with Gasteiger partial charge in [0.05, 0.1) is 13.0 Å². The van der Waals surface area contributed by atoms with Gasteiger partial charge in [-0.1, -0.05) is 0 Å². The normalized spacial score (nSPS) is 20.8. The van der Waals surface area contributed by atoms with Crippen molar-refractivity contribution in [2.24, 2.45) is 0 Å². The van der Waals surface area contributed by atoms with Gasteiger partial charge in [-0.3, -0.25) is 4.79 Å². The van der Waals surface area contributed by atoms with Crippen LogP contribution in [0.25, 0.3) is 0 Å². The fourth-order valence-corrected chi connectivity index (χ4v) is 5.33. The van der Waals surface area contributed by atoms with Crippen molar-refractivity contribution in [2.75, 3.05) is 13.2 Å². The van der Waals surface area contributed by atoms with E-state index in [4.69, 9.17) is 5.11 Å². The molecule has 8 heteroatoms. The highest BCUT2D eigenvalue weighted by Crippen LogP contribution is 2.30. The highest BCUT2D eigenvalue weighted by atomic mass is 32.2. The van der Waals surface area contributed by atoms with Gasteiger partial charge >= 0.3 is 5.97 Å². The first-order valence-corrected chi connectivity index (χ1v) is 8.14. The van der Waals surface area contributed by atoms with Gasteiger partial charge in [-0.05, 0) is 25.0 Å². The van der Waals surface area contributed by atoms with E-state index >= 15 is 0 Å². The van der Waals surface area contributed by atoms with Crippen LogP contribution in [0.15, 0.2) is 16.3 Å². The molecule has 19 heavy (non-hydrogen) atoms. The lowest BCUT2D eigenvalue weighted by Gasteiger charge is -2.21. The first kappa shape index (κ1) is 14.4. The largest absolute Gasteiger partial charge is 0.481 e. The second-order valence-corrected chi connectivity index (χ2v) is 7.67. The SMILES string of the molecule is O=C(O)Cc1ccc(S(=O)(=O)N2CCC[C@@H]2CO)s1. The maximum absolute atomic E-state index is 12.4. The first-order chi connectivity index (χ1) is 8.95. The van der Waals surface area contributed by atoms with Gasteiger partial charge in [0.2, 0.25) is 0 Å². The summed E-state index contributed by atoms with van der Waals surface area (Å²) in [6.07, 6.45) is 1.21. The Morgan fingerprint density at radius 2 is 2.21 bits per heavy atom. The Morgan fingerprint density at radius 3 is 2.84 bits per heavy atom. The summed E-state index contributed by atoms with van der Waals surface area (Å²) in [6, 6.07) is 2.59. The molecule has 2 N–H and O–H groups in total. The number of aliphatic carboxylic acids is 1. The van der Waals surface area contributed by atoms with Gasteiger partial charge in [-0.25, -0.2) is 8.42 Å². The predicted molar refractivity (Wildman–Crippen MR) is 69.7 cm³/mol. The molecule has 0 spiro atoms. The van der Waals surface area contributed by atoms with Crippen LogP contribution < -0.4 is 0 Å². The molecule has 0 aromatic carbocycles. The van der Waals surface area contributed by atoms with Crippen LogP contribution in [0.1, 0.15) is 17.7 Å². The van der Waals surface area contributed by atoms with Crippen LogP contribution in [0, 0.1) is 0 Å². The Hall–Kier alpha value is -0.960. The summed E-state index contributed by atoms with van der Waals surface area (Å²) in [6.45, 7) is 0.215. The molecule has 2 rings (SSSR count). The molecule has 6 nitrogen and oxygen atoms in total. The van der Waals surface area contributed by atoms with Gasteiger partial charge in [0, 0.05) is 17.5 Å². The minimum absolute atomic E-state index is 0.143. The summed E-state index contributed by atoms with van der Waals surface area (Å²) >= 11 is 0.975. The molecule has 1 aromatic rings. The van der Waals surface area contributed by atoms with E-state index in [1.807, 2.05) is 0 Å². The highest BCUT2D eigenvalue weighted by molar-refractivity contribution is 7.91. The number of carboxylic acids is 1. The lowest BCUT2D eigenvalue weighted by atomic mass is 10.2. The minimum atomic E-state index is -3.62. The van der Waals surface area contributed by atoms with Crippen LogP contribution in [0.4, 0.5) is 0 Å². The summed E-state index contributed by atoms with van der Waals surface area (Å²) in [7, 11) is -3.62. The predicted octanol–water partition coefficient (Wildman–Crippen LogP) is 0.521. The second kappa shape index (κ2) is 5.58. The zero-order valence-electron chi connectivity index (χ0n) is 10.2. The molecule has 0 bridgehead atoms. The molecule has 0 saturated carbocycles. The van der Waals surface area contributed by atoms with E-state index in [1.54, 1.807) is 0 Å². The quantitative estimate of drug-likeness (QED) is 0.827. The van der Waals surface area contributed by atoms with E-state index in [-0.39, 0.29) is 23.3 Å². The van der Waals surface area contributed by atoms with Crippen LogP contribution in [-0.4, -0.2) is 48.1 Å². The molecule has 2 heterocycles. The third-order valence-electron chi connectivity index (χ3n) is 3.06. The molecular weight excluding hydrogens is 290 g/mol. The Morgan fingerprint density at radius 1 is 1.47 bits per heavy atom. The van der Waals surface area contributed by atoms with Crippen molar-refractivity contribution < 1.29 is 23.4 Å². The third-order valence-corrected chi connectivity index (χ3v) is 6.56. The van der Waals surface area contributed by atoms with Crippen LogP contribution in [0.2, 0.25) is 0 Å². The van der Waals surface area contributed by atoms with Crippen LogP contribution in [-0.2, 0) is 21.2 Å². The number of aliphatic hydroxyl groups is 1. The fourth-order valence-electron chi connectivity index (χ4n) is 2.16. The van der Waals surface area contributed by atoms with Crippen LogP contribution in [0.3, 0.4) is 0 Å². The number of rotatable bonds is 5. The van der Waals surface area contributed by atoms with Crippen molar-refractivity contribution in [1.82, 2.24) is 4.31 Å². The Balaban J connectivity index is 2.24. The zero-order chi connectivity index (χ0) is 14.0. The van der Waals surface area contributed by atoms with Gasteiger partial charge in [0.15, 0.2) is 0 Å². The number of nitrogens with zero attached hydrogens (tertiary/aromatic N) is 1. The standard InChI is InChI=1S/C11H15NO5S2/c13-7-8-2-1-5-12(8)19(16,17)11-4-3-9(18-11)6-10(14)15/h3-4,8,13H,1-2,5-7H2,(H,14,15)/t8-/m1/s1. The van der Waals surface area contributed by atoms with Gasteiger partial charge in [-0.15, -0.1) is 11.3 Å². The van der Waals surface area contributed by atoms with E-state index in [9.17, 15) is 18.3 Å². The van der Waals surface area contributed by atoms with E-state index < -0.39 is 16.0 Å². The Labute approximate surface area is 115 Å². The third kappa shape index (κ3) is 2.97. The minimum Gasteiger partial charge on any atom is -0.481 e. The summed E-state index contributed by atoms with van der Waals surface area (Å²) in [5.74, 6) is -0.986. The molecule has 0 unspecified atom stereocenters. The van der Waals surface area contributed by atoms with Crippen LogP contribution in [0.5, 0.6) is 0 Å². The summed E-state index contributed by atoms with van der Waals surface area (Å²) in [5.41, 5.74) is 0. The molecule has 0 amide bonds. The number of sulfonamides is 1. The van der Waals surface area contributed by atoms with E-state index in [1.165, 1.54) is 16.4 Å². The first-order valence-electron chi connectivity index (χ1n) is 5.88. The smallest absolute Gasteiger partial charge is 0.308 e. The molecule has 1 atom stereocenters. The molecule has 1 fully saturated rings. The molecular formula is C11H15NO5S2. The van der Waals surface area contributed by atoms with Gasteiger partial charge in [0.25, 0.3) is 10.0 Å². The highest BCUT2D eigenvalue weighted by Gasteiger charge is 2.35. The number of thiophene rings is 1. The lowest BCUT2D eigenvalue weighted by Crippen LogP contribution is -2.37. The van der Waals surface area contributed by atoms with Crippen molar-refractivity contribution in [2.45, 2.75) is 29.5 Å². The van der Waals surface area contributed by atoms with Gasteiger partial charge < -0.3 is 10.2 Å². The van der Waals surface area contributed by atoms with Crippen molar-refractivity contribution >= 4 is 27.3 Å². The number of hydrogen-bond donors (Lipinski definition) is 2. The topological polar surface area (TPSA) is 94.9 Å². The van der Waals surface area contributed by atoms with Crippen LogP contribution >= 0.6 is 11.3 Å². The molecule has 1 aliphatic heterocycles.